The van der Waals surface area contributed by atoms with Crippen molar-refractivity contribution in [3.8, 4) is 11.5 Å². The van der Waals surface area contributed by atoms with Gasteiger partial charge in [0.2, 0.25) is 0 Å². The van der Waals surface area contributed by atoms with Crippen molar-refractivity contribution in [3.63, 3.8) is 0 Å². The lowest BCUT2D eigenvalue weighted by Gasteiger charge is -2.20. The van der Waals surface area contributed by atoms with Gasteiger partial charge in [0.1, 0.15) is 18.1 Å². The van der Waals surface area contributed by atoms with Crippen LogP contribution < -0.4 is 9.47 Å². The van der Waals surface area contributed by atoms with Crippen LogP contribution in [-0.2, 0) is 6.61 Å². The Hall–Kier alpha value is -2.78. The van der Waals surface area contributed by atoms with E-state index in [1.807, 2.05) is 84.9 Å². The highest BCUT2D eigenvalue weighted by atomic mass is 16.5. The molecule has 0 aliphatic rings. The lowest BCUT2D eigenvalue weighted by Crippen LogP contribution is -2.16. The van der Waals surface area contributed by atoms with Gasteiger partial charge in [0.15, 0.2) is 6.10 Å². The number of benzene rings is 3. The second-order valence-electron chi connectivity index (χ2n) is 5.44. The molecule has 0 amide bonds. The molecule has 3 aromatic carbocycles. The Labute approximate surface area is 142 Å². The molecular formula is C21H20O3. The van der Waals surface area contributed by atoms with E-state index in [1.54, 1.807) is 0 Å². The maximum atomic E-state index is 9.10. The molecule has 122 valence electrons. The van der Waals surface area contributed by atoms with Crippen molar-refractivity contribution in [2.75, 3.05) is 6.61 Å². The van der Waals surface area contributed by atoms with Gasteiger partial charge < -0.3 is 14.6 Å². The van der Waals surface area contributed by atoms with Gasteiger partial charge in [-0.1, -0.05) is 60.7 Å². The van der Waals surface area contributed by atoms with Crippen LogP contribution in [0.1, 0.15) is 17.2 Å². The first-order chi connectivity index (χ1) is 11.8. The molecule has 0 aliphatic heterocycles. The van der Waals surface area contributed by atoms with Crippen molar-refractivity contribution in [3.05, 3.63) is 96.1 Å². The summed E-state index contributed by atoms with van der Waals surface area (Å²) < 4.78 is 12.0. The Kier molecular flexibility index (Phi) is 5.48. The Morgan fingerprint density at radius 1 is 0.708 bits per heavy atom. The second kappa shape index (κ2) is 8.18. The smallest absolute Gasteiger partial charge is 0.158 e. The molecule has 3 heteroatoms. The number of ether oxygens (including phenoxy) is 2. The first-order valence-electron chi connectivity index (χ1n) is 7.94. The molecule has 1 N–H and O–H groups in total. The topological polar surface area (TPSA) is 38.7 Å². The van der Waals surface area contributed by atoms with E-state index in [2.05, 4.69) is 0 Å². The van der Waals surface area contributed by atoms with E-state index in [0.717, 1.165) is 22.6 Å². The lowest BCUT2D eigenvalue weighted by atomic mass is 10.1. The average Bonchev–Trinajstić information content (AvgIpc) is 2.67. The average molecular weight is 320 g/mol. The molecule has 0 aromatic heterocycles. The fourth-order valence-corrected chi connectivity index (χ4v) is 2.39. The molecule has 3 rings (SSSR count). The van der Waals surface area contributed by atoms with Crippen LogP contribution in [0.4, 0.5) is 0 Å². The third kappa shape index (κ3) is 4.37. The summed E-state index contributed by atoms with van der Waals surface area (Å²) in [6, 6.07) is 27.2. The minimum Gasteiger partial charge on any atom is -0.489 e. The van der Waals surface area contributed by atoms with Crippen LogP contribution in [-0.4, -0.2) is 11.7 Å². The van der Waals surface area contributed by atoms with E-state index in [-0.39, 0.29) is 12.7 Å². The largest absolute Gasteiger partial charge is 0.489 e. The van der Waals surface area contributed by atoms with Gasteiger partial charge in [-0.2, -0.15) is 0 Å². The summed E-state index contributed by atoms with van der Waals surface area (Å²) in [4.78, 5) is 0. The molecule has 0 saturated carbocycles. The van der Waals surface area contributed by atoms with Gasteiger partial charge >= 0.3 is 0 Å². The fraction of sp³-hybridized carbons (Fsp3) is 0.143. The van der Waals surface area contributed by atoms with Gasteiger partial charge in [0, 0.05) is 0 Å². The van der Waals surface area contributed by atoms with Crippen LogP contribution in [0.2, 0.25) is 0 Å². The Bertz CT molecular complexity index is 724. The molecule has 24 heavy (non-hydrogen) atoms. The summed E-state index contributed by atoms with van der Waals surface area (Å²) in [6.45, 7) is 0.432. The van der Waals surface area contributed by atoms with E-state index in [4.69, 9.17) is 14.6 Å². The Balaban J connectivity index is 1.72. The normalized spacial score (nSPS) is 11.7. The highest BCUT2D eigenvalue weighted by Gasteiger charge is 2.14. The highest BCUT2D eigenvalue weighted by molar-refractivity contribution is 5.28. The van der Waals surface area contributed by atoms with Crippen LogP contribution in [0.3, 0.4) is 0 Å². The molecule has 0 spiro atoms. The minimum atomic E-state index is -0.203. The molecule has 1 unspecified atom stereocenters. The third-order valence-electron chi connectivity index (χ3n) is 3.70. The number of aliphatic hydroxyl groups excluding tert-OH is 1. The maximum Gasteiger partial charge on any atom is 0.158 e. The van der Waals surface area contributed by atoms with Crippen molar-refractivity contribution in [2.24, 2.45) is 0 Å². The summed E-state index contributed by atoms with van der Waals surface area (Å²) in [5.41, 5.74) is 1.93. The minimum absolute atomic E-state index is 0.0318. The summed E-state index contributed by atoms with van der Waals surface area (Å²) >= 11 is 0. The number of para-hydroxylation sites is 1. The molecule has 0 fully saturated rings. The fourth-order valence-electron chi connectivity index (χ4n) is 2.39. The molecule has 0 aliphatic carbocycles. The van der Waals surface area contributed by atoms with Gasteiger partial charge in [-0.3, -0.25) is 0 Å². The van der Waals surface area contributed by atoms with E-state index < -0.39 is 0 Å². The van der Waals surface area contributed by atoms with Crippen molar-refractivity contribution in [1.29, 1.82) is 0 Å². The summed E-state index contributed by atoms with van der Waals surface area (Å²) in [5.74, 6) is 1.57. The van der Waals surface area contributed by atoms with E-state index in [1.165, 1.54) is 0 Å². The zero-order valence-corrected chi connectivity index (χ0v) is 13.3. The quantitative estimate of drug-likeness (QED) is 0.702. The molecule has 0 heterocycles. The van der Waals surface area contributed by atoms with Gasteiger partial charge in [-0.25, -0.2) is 0 Å². The third-order valence-corrected chi connectivity index (χ3v) is 3.70. The standard InChI is InChI=1S/C21H20O3/c22-15-17-11-13-19(14-12-17)23-16-21(18-7-3-1-4-8-18)24-20-9-5-2-6-10-20/h1-14,21-22H,15-16H2. The number of hydrogen-bond acceptors (Lipinski definition) is 3. The predicted octanol–water partition coefficient (Wildman–Crippen LogP) is 4.38. The Morgan fingerprint density at radius 2 is 1.33 bits per heavy atom. The maximum absolute atomic E-state index is 9.10. The van der Waals surface area contributed by atoms with Gasteiger partial charge in [0.05, 0.1) is 6.61 Å². The zero-order chi connectivity index (χ0) is 16.6. The van der Waals surface area contributed by atoms with E-state index >= 15 is 0 Å². The SMILES string of the molecule is OCc1ccc(OCC(Oc2ccccc2)c2ccccc2)cc1. The zero-order valence-electron chi connectivity index (χ0n) is 13.3. The summed E-state index contributed by atoms with van der Waals surface area (Å²) in [5, 5.41) is 9.10. The summed E-state index contributed by atoms with van der Waals surface area (Å²) in [6.07, 6.45) is -0.203. The monoisotopic (exact) mass is 320 g/mol. The highest BCUT2D eigenvalue weighted by Crippen LogP contribution is 2.23. The number of aliphatic hydroxyl groups is 1. The first kappa shape index (κ1) is 16.1. The lowest BCUT2D eigenvalue weighted by molar-refractivity contribution is 0.129. The van der Waals surface area contributed by atoms with Crippen molar-refractivity contribution in [2.45, 2.75) is 12.7 Å². The molecule has 0 radical (unpaired) electrons. The summed E-state index contributed by atoms with van der Waals surface area (Å²) in [7, 11) is 0. The first-order valence-corrected chi connectivity index (χ1v) is 7.94. The molecule has 3 nitrogen and oxygen atoms in total. The Morgan fingerprint density at radius 3 is 1.96 bits per heavy atom. The van der Waals surface area contributed by atoms with Gasteiger partial charge in [-0.15, -0.1) is 0 Å². The van der Waals surface area contributed by atoms with Crippen LogP contribution in [0, 0.1) is 0 Å². The van der Waals surface area contributed by atoms with Crippen molar-refractivity contribution >= 4 is 0 Å². The molecule has 0 bridgehead atoms. The van der Waals surface area contributed by atoms with E-state index in [9.17, 15) is 0 Å². The van der Waals surface area contributed by atoms with Crippen LogP contribution in [0.5, 0.6) is 11.5 Å². The molecular weight excluding hydrogens is 300 g/mol. The van der Waals surface area contributed by atoms with Crippen LogP contribution in [0.25, 0.3) is 0 Å². The molecule has 0 saturated heterocycles. The van der Waals surface area contributed by atoms with Gasteiger partial charge in [0.25, 0.3) is 0 Å². The van der Waals surface area contributed by atoms with Crippen molar-refractivity contribution < 1.29 is 14.6 Å². The molecule has 3 aromatic rings. The number of rotatable bonds is 7. The predicted molar refractivity (Wildman–Crippen MR) is 94.1 cm³/mol. The van der Waals surface area contributed by atoms with Crippen LogP contribution >= 0.6 is 0 Å². The number of hydrogen-bond donors (Lipinski definition) is 1. The molecule has 1 atom stereocenters. The van der Waals surface area contributed by atoms with Crippen LogP contribution in [0.15, 0.2) is 84.9 Å². The second-order valence-corrected chi connectivity index (χ2v) is 5.44. The van der Waals surface area contributed by atoms with Gasteiger partial charge in [-0.05, 0) is 35.4 Å². The van der Waals surface area contributed by atoms with E-state index in [0.29, 0.717) is 6.61 Å². The van der Waals surface area contributed by atoms with Crippen molar-refractivity contribution in [1.82, 2.24) is 0 Å².